The lowest BCUT2D eigenvalue weighted by atomic mass is 10.0. The first-order chi connectivity index (χ1) is 29.9. The van der Waals surface area contributed by atoms with Gasteiger partial charge in [-0.05, 0) is 56.0 Å². The summed E-state index contributed by atoms with van der Waals surface area (Å²) >= 11 is 0. The van der Waals surface area contributed by atoms with Gasteiger partial charge in [0.2, 0.25) is 11.8 Å². The van der Waals surface area contributed by atoms with Crippen LogP contribution in [-0.4, -0.2) is 70.9 Å². The number of anilines is 2. The Morgan fingerprint density at radius 3 is 2.44 bits per heavy atom. The second-order valence-corrected chi connectivity index (χ2v) is 15.0. The highest BCUT2D eigenvalue weighted by Gasteiger charge is 2.35. The number of imidazole rings is 1. The molecule has 2 amide bonds. The summed E-state index contributed by atoms with van der Waals surface area (Å²) in [7, 11) is 1.50. The zero-order chi connectivity index (χ0) is 43.5. The van der Waals surface area contributed by atoms with Crippen LogP contribution in [0.5, 0.6) is 5.88 Å². The minimum atomic E-state index is -4.60. The maximum Gasteiger partial charge on any atom is 0.434 e. The van der Waals surface area contributed by atoms with Crippen molar-refractivity contribution in [2.24, 2.45) is 0 Å². The second-order valence-electron chi connectivity index (χ2n) is 15.0. The average molecular weight is 849 g/mol. The molecule has 318 valence electrons. The molecule has 1 aliphatic carbocycles. The molecule has 15 nitrogen and oxygen atoms in total. The first-order valence-electron chi connectivity index (χ1n) is 19.7. The fourth-order valence-corrected chi connectivity index (χ4v) is 7.09. The van der Waals surface area contributed by atoms with Gasteiger partial charge in [0.25, 0.3) is 5.56 Å². The number of benzene rings is 3. The van der Waals surface area contributed by atoms with Gasteiger partial charge in [0.1, 0.15) is 29.9 Å². The fraction of sp³-hybridized carbons (Fsp3) is 0.279. The quantitative estimate of drug-likeness (QED) is 0.0924. The summed E-state index contributed by atoms with van der Waals surface area (Å²) in [6.07, 6.45) is 1.38. The number of methoxy groups -OCH3 is 1. The van der Waals surface area contributed by atoms with Gasteiger partial charge in [0.05, 0.1) is 29.6 Å². The fourth-order valence-electron chi connectivity index (χ4n) is 7.09. The first-order valence-corrected chi connectivity index (χ1v) is 19.7. The summed E-state index contributed by atoms with van der Waals surface area (Å²) in [5, 5.41) is 13.2. The van der Waals surface area contributed by atoms with Crippen LogP contribution in [0, 0.1) is 5.82 Å². The number of rotatable bonds is 14. The number of nitrogens with one attached hydrogen (secondary N) is 3. The number of urea groups is 1. The smallest absolute Gasteiger partial charge is 0.434 e. The van der Waals surface area contributed by atoms with Gasteiger partial charge in [0, 0.05) is 55.2 Å². The molecule has 0 spiro atoms. The van der Waals surface area contributed by atoms with Crippen molar-refractivity contribution in [1.29, 1.82) is 0 Å². The van der Waals surface area contributed by atoms with Gasteiger partial charge in [-0.3, -0.25) is 4.79 Å². The van der Waals surface area contributed by atoms with Crippen molar-refractivity contribution in [3.05, 3.63) is 130 Å². The molecule has 4 aromatic heterocycles. The Bertz CT molecular complexity index is 2810. The summed E-state index contributed by atoms with van der Waals surface area (Å²) in [6.45, 7) is 3.99. The van der Waals surface area contributed by atoms with Gasteiger partial charge in [-0.25, -0.2) is 39.2 Å². The van der Waals surface area contributed by atoms with Gasteiger partial charge >= 0.3 is 12.2 Å². The molecular formula is C43H40F4N12O3. The van der Waals surface area contributed by atoms with Crippen LogP contribution in [0.4, 0.5) is 34.0 Å². The highest BCUT2D eigenvalue weighted by Crippen LogP contribution is 2.45. The van der Waals surface area contributed by atoms with E-state index in [-0.39, 0.29) is 61.0 Å². The molecule has 19 heteroatoms. The molecule has 7 aromatic rings. The number of carbonyl (C=O) groups excluding carboxylic acids is 1. The first kappa shape index (κ1) is 41.4. The third-order valence-electron chi connectivity index (χ3n) is 10.3. The summed E-state index contributed by atoms with van der Waals surface area (Å²) in [5.74, 6) is 0.601. The number of amides is 2. The zero-order valence-corrected chi connectivity index (χ0v) is 33.7. The Morgan fingerprint density at radius 1 is 0.968 bits per heavy atom. The minimum absolute atomic E-state index is 0.0522. The number of ether oxygens (including phenoxy) is 1. The molecule has 4 heterocycles. The Morgan fingerprint density at radius 2 is 1.71 bits per heavy atom. The van der Waals surface area contributed by atoms with Crippen molar-refractivity contribution in [1.82, 2.24) is 50.0 Å². The van der Waals surface area contributed by atoms with Crippen LogP contribution in [0.1, 0.15) is 66.9 Å². The summed E-state index contributed by atoms with van der Waals surface area (Å²) in [6, 6.07) is 17.4. The predicted octanol–water partition coefficient (Wildman–Crippen LogP) is 7.47. The number of aromatic nitrogens is 9. The van der Waals surface area contributed by atoms with Gasteiger partial charge in [-0.1, -0.05) is 48.5 Å². The summed E-state index contributed by atoms with van der Waals surface area (Å²) in [5.41, 5.74) is 2.44. The van der Waals surface area contributed by atoms with Crippen molar-refractivity contribution in [2.75, 3.05) is 30.4 Å². The number of fused-ring (bicyclic) bond motifs is 1. The minimum Gasteiger partial charge on any atom is -0.480 e. The van der Waals surface area contributed by atoms with Crippen LogP contribution in [0.25, 0.3) is 33.5 Å². The van der Waals surface area contributed by atoms with E-state index in [9.17, 15) is 22.8 Å². The SMILES string of the molecule is COc1ncnc(C2CC2)c1-c1ncnc(N(CCNC(=O)Nc2cc(Cc3n[nH]c(=O)c4ccccc34)ccc2F)Cc2ccc(-c3nc(C(F)(F)F)cn3C(C)C)cc2)n1. The molecule has 3 N–H and O–H groups in total. The molecule has 0 bridgehead atoms. The van der Waals surface area contributed by atoms with Crippen molar-refractivity contribution in [3.8, 4) is 28.7 Å². The molecule has 0 radical (unpaired) electrons. The topological polar surface area (TPSA) is 182 Å². The Hall–Kier alpha value is -7.31. The number of aromatic amines is 1. The van der Waals surface area contributed by atoms with Gasteiger partial charge in [-0.2, -0.15) is 23.3 Å². The Balaban J connectivity index is 1.02. The van der Waals surface area contributed by atoms with E-state index < -0.39 is 23.7 Å². The lowest BCUT2D eigenvalue weighted by Gasteiger charge is -2.23. The number of H-pyrrole nitrogens is 1. The predicted molar refractivity (Wildman–Crippen MR) is 222 cm³/mol. The van der Waals surface area contributed by atoms with Gasteiger partial charge < -0.3 is 24.8 Å². The molecule has 0 aliphatic heterocycles. The summed E-state index contributed by atoms with van der Waals surface area (Å²) < 4.78 is 63.0. The molecular weight excluding hydrogens is 809 g/mol. The van der Waals surface area contributed by atoms with Crippen LogP contribution in [0.3, 0.4) is 0 Å². The van der Waals surface area contributed by atoms with E-state index in [1.807, 2.05) is 0 Å². The third-order valence-corrected chi connectivity index (χ3v) is 10.3. The molecule has 62 heavy (non-hydrogen) atoms. The summed E-state index contributed by atoms with van der Waals surface area (Å²) in [4.78, 5) is 53.8. The van der Waals surface area contributed by atoms with E-state index in [1.165, 1.54) is 36.5 Å². The lowest BCUT2D eigenvalue weighted by molar-refractivity contribution is -0.140. The van der Waals surface area contributed by atoms with E-state index >= 15 is 4.39 Å². The maximum absolute atomic E-state index is 15.0. The van der Waals surface area contributed by atoms with Crippen LogP contribution in [-0.2, 0) is 19.1 Å². The maximum atomic E-state index is 15.0. The normalized spacial score (nSPS) is 12.8. The van der Waals surface area contributed by atoms with E-state index in [2.05, 4.69) is 45.8 Å². The van der Waals surface area contributed by atoms with E-state index in [0.717, 1.165) is 30.3 Å². The van der Waals surface area contributed by atoms with E-state index in [4.69, 9.17) is 9.72 Å². The standard InChI is InChI=1S/C43H40F4N12O3/c1-24(2)59-21-34(43(45,46)47)54-38(59)28-11-8-25(9-12-28)20-58(41-52-23-50-37(55-41)35-36(27-13-14-27)49-22-51-40(35)62-3)17-16-48-42(61)53-33-19-26(10-15-31(33)44)18-32-29-6-4-5-7-30(29)39(60)57-56-32/h4-12,15,19,21-24,27H,13-14,16-18,20H2,1-3H3,(H,57,60)(H2,48,53,61). The molecule has 1 aliphatic rings. The number of carbonyl (C=O) groups is 1. The number of alkyl halides is 3. The van der Waals surface area contributed by atoms with E-state index in [0.29, 0.717) is 44.9 Å². The number of hydrogen-bond donors (Lipinski definition) is 3. The Kier molecular flexibility index (Phi) is 11.6. The second kappa shape index (κ2) is 17.3. The monoisotopic (exact) mass is 848 g/mol. The largest absolute Gasteiger partial charge is 0.480 e. The lowest BCUT2D eigenvalue weighted by Crippen LogP contribution is -2.37. The Labute approximate surface area is 351 Å². The number of halogens is 4. The van der Waals surface area contributed by atoms with Crippen LogP contribution >= 0.6 is 0 Å². The molecule has 0 atom stereocenters. The molecule has 1 fully saturated rings. The number of nitrogens with zero attached hydrogens (tertiary/aromatic N) is 9. The number of hydrogen-bond acceptors (Lipinski definition) is 11. The van der Waals surface area contributed by atoms with Crippen LogP contribution < -0.4 is 25.8 Å². The molecule has 8 rings (SSSR count). The molecule has 3 aromatic carbocycles. The van der Waals surface area contributed by atoms with E-state index in [1.54, 1.807) is 73.3 Å². The highest BCUT2D eigenvalue weighted by atomic mass is 19.4. The van der Waals surface area contributed by atoms with Crippen molar-refractivity contribution >= 4 is 28.4 Å². The van der Waals surface area contributed by atoms with Crippen LogP contribution in [0.2, 0.25) is 0 Å². The highest BCUT2D eigenvalue weighted by molar-refractivity contribution is 5.89. The van der Waals surface area contributed by atoms with Crippen molar-refractivity contribution in [3.63, 3.8) is 0 Å². The third kappa shape index (κ3) is 9.05. The molecule has 1 saturated carbocycles. The molecule has 0 unspecified atom stereocenters. The average Bonchev–Trinajstić information content (AvgIpc) is 4.01. The molecule has 0 saturated heterocycles. The van der Waals surface area contributed by atoms with Crippen molar-refractivity contribution in [2.45, 2.75) is 57.8 Å². The zero-order valence-electron chi connectivity index (χ0n) is 33.7. The van der Waals surface area contributed by atoms with Crippen molar-refractivity contribution < 1.29 is 27.1 Å². The van der Waals surface area contributed by atoms with Gasteiger partial charge in [-0.15, -0.1) is 0 Å². The van der Waals surface area contributed by atoms with Crippen LogP contribution in [0.15, 0.2) is 90.4 Å². The van der Waals surface area contributed by atoms with Gasteiger partial charge in [0.15, 0.2) is 11.5 Å².